The van der Waals surface area contributed by atoms with Crippen molar-refractivity contribution in [3.63, 3.8) is 0 Å². The first-order chi connectivity index (χ1) is 6.04. The molecule has 0 radical (unpaired) electrons. The van der Waals surface area contributed by atoms with E-state index in [2.05, 4.69) is 25.8 Å². The number of fused-ring (bicyclic) bond motifs is 2. The Morgan fingerprint density at radius 3 is 2.54 bits per heavy atom. The second-order valence-corrected chi connectivity index (χ2v) is 5.23. The number of nitrogens with zero attached hydrogens (tertiary/aromatic N) is 1. The molecule has 3 atom stereocenters. The minimum Gasteiger partial charge on any atom is -0.211 e. The molecule has 3 saturated carbocycles. The highest BCUT2D eigenvalue weighted by molar-refractivity contribution is 5.38. The molecule has 0 spiro atoms. The summed E-state index contributed by atoms with van der Waals surface area (Å²) >= 11 is 0. The lowest BCUT2D eigenvalue weighted by Gasteiger charge is -2.65. The number of aliphatic imine (C=N–C) groups is 1. The molecule has 0 aromatic carbocycles. The molecule has 3 unspecified atom stereocenters. The van der Waals surface area contributed by atoms with E-state index < -0.39 is 0 Å². The van der Waals surface area contributed by atoms with Gasteiger partial charge >= 0.3 is 0 Å². The highest BCUT2D eigenvalue weighted by atomic mass is 16.1. The molecule has 0 heterocycles. The van der Waals surface area contributed by atoms with E-state index in [1.807, 2.05) is 0 Å². The van der Waals surface area contributed by atoms with Crippen LogP contribution in [-0.2, 0) is 4.79 Å². The smallest absolute Gasteiger partial charge is 0.211 e. The van der Waals surface area contributed by atoms with Gasteiger partial charge in [0, 0.05) is 0 Å². The van der Waals surface area contributed by atoms with E-state index >= 15 is 0 Å². The largest absolute Gasteiger partial charge is 0.235 e. The Bertz CT molecular complexity index is 278. The van der Waals surface area contributed by atoms with E-state index in [1.165, 1.54) is 12.8 Å². The van der Waals surface area contributed by atoms with Gasteiger partial charge in [-0.3, -0.25) is 0 Å². The lowest BCUT2D eigenvalue weighted by Crippen LogP contribution is -2.65. The Hall–Kier alpha value is -0.620. The topological polar surface area (TPSA) is 29.4 Å². The van der Waals surface area contributed by atoms with Crippen LogP contribution in [0.4, 0.5) is 0 Å². The highest BCUT2D eigenvalue weighted by Gasteiger charge is 2.65. The molecule has 0 aromatic rings. The maximum absolute atomic E-state index is 10.4. The Balaban J connectivity index is 2.38. The maximum Gasteiger partial charge on any atom is 0.235 e. The summed E-state index contributed by atoms with van der Waals surface area (Å²) in [5.41, 5.74) is 0.153. The molecule has 0 N–H and O–H groups in total. The fraction of sp³-hybridized carbons (Fsp3) is 0.909. The average Bonchev–Trinajstić information content (AvgIpc) is 2.08. The molecule has 72 valence electrons. The van der Waals surface area contributed by atoms with Crippen molar-refractivity contribution in [3.8, 4) is 0 Å². The van der Waals surface area contributed by atoms with Crippen molar-refractivity contribution in [1.29, 1.82) is 0 Å². The van der Waals surface area contributed by atoms with E-state index in [-0.39, 0.29) is 11.0 Å². The molecule has 0 aromatic heterocycles. The summed E-state index contributed by atoms with van der Waals surface area (Å²) in [6.45, 7) is 6.72. The monoisotopic (exact) mass is 179 g/mol. The van der Waals surface area contributed by atoms with Gasteiger partial charge in [0.2, 0.25) is 6.08 Å². The highest BCUT2D eigenvalue weighted by Crippen LogP contribution is 2.65. The summed E-state index contributed by atoms with van der Waals surface area (Å²) in [5, 5.41) is 0. The van der Waals surface area contributed by atoms with Gasteiger partial charge in [-0.15, -0.1) is 0 Å². The van der Waals surface area contributed by atoms with Crippen LogP contribution < -0.4 is 0 Å². The third-order valence-corrected chi connectivity index (χ3v) is 4.70. The van der Waals surface area contributed by atoms with E-state index in [9.17, 15) is 4.79 Å². The molecule has 2 bridgehead atoms. The Kier molecular flexibility index (Phi) is 1.69. The van der Waals surface area contributed by atoms with Gasteiger partial charge in [-0.2, -0.15) is 4.99 Å². The van der Waals surface area contributed by atoms with Crippen LogP contribution in [-0.4, -0.2) is 11.6 Å². The second-order valence-electron chi connectivity index (χ2n) is 5.23. The number of hydrogen-bond acceptors (Lipinski definition) is 2. The molecular weight excluding hydrogens is 162 g/mol. The van der Waals surface area contributed by atoms with Crippen LogP contribution in [0.5, 0.6) is 0 Å². The van der Waals surface area contributed by atoms with Crippen LogP contribution in [0.15, 0.2) is 4.99 Å². The normalized spacial score (nSPS) is 46.1. The summed E-state index contributed by atoms with van der Waals surface area (Å²) in [7, 11) is 0. The second kappa shape index (κ2) is 2.45. The molecule has 0 aliphatic heterocycles. The van der Waals surface area contributed by atoms with Crippen molar-refractivity contribution in [1.82, 2.24) is 0 Å². The van der Waals surface area contributed by atoms with Crippen molar-refractivity contribution in [2.45, 2.75) is 45.6 Å². The lowest BCUT2D eigenvalue weighted by atomic mass is 9.41. The minimum atomic E-state index is -0.0718. The average molecular weight is 179 g/mol. The van der Waals surface area contributed by atoms with Gasteiger partial charge in [0.05, 0.1) is 5.54 Å². The number of hydrogen-bond donors (Lipinski definition) is 0. The maximum atomic E-state index is 10.4. The standard InChI is InChI=1S/C11H17NO/c1-8-4-5-9-6-11(8,12-7-13)10(9,2)3/h8-9H,4-6H2,1-3H3. The molecular formula is C11H17NO. The lowest BCUT2D eigenvalue weighted by molar-refractivity contribution is -0.122. The van der Waals surface area contributed by atoms with Crippen molar-refractivity contribution in [3.05, 3.63) is 0 Å². The van der Waals surface area contributed by atoms with Crippen LogP contribution >= 0.6 is 0 Å². The third kappa shape index (κ3) is 0.847. The predicted molar refractivity (Wildman–Crippen MR) is 51.1 cm³/mol. The zero-order chi connectivity index (χ0) is 9.69. The van der Waals surface area contributed by atoms with Gasteiger partial charge in [-0.25, -0.2) is 4.79 Å². The minimum absolute atomic E-state index is 0.0718. The third-order valence-electron chi connectivity index (χ3n) is 4.70. The number of rotatable bonds is 1. The van der Waals surface area contributed by atoms with Crippen molar-refractivity contribution < 1.29 is 4.79 Å². The number of carbonyl (C=O) groups excluding carboxylic acids is 1. The SMILES string of the molecule is CC1CCC2CC1(N=C=O)C2(C)C. The Labute approximate surface area is 79.4 Å². The molecule has 3 aliphatic carbocycles. The zero-order valence-electron chi connectivity index (χ0n) is 8.63. The fourth-order valence-electron chi connectivity index (χ4n) is 3.49. The van der Waals surface area contributed by atoms with Crippen LogP contribution in [0.2, 0.25) is 0 Å². The fourth-order valence-corrected chi connectivity index (χ4v) is 3.49. The summed E-state index contributed by atoms with van der Waals surface area (Å²) in [4.78, 5) is 14.6. The van der Waals surface area contributed by atoms with Gasteiger partial charge in [0.1, 0.15) is 0 Å². The van der Waals surface area contributed by atoms with Crippen LogP contribution in [0, 0.1) is 17.3 Å². The van der Waals surface area contributed by atoms with Gasteiger partial charge < -0.3 is 0 Å². The first-order valence-electron chi connectivity index (χ1n) is 5.13. The molecule has 3 rings (SSSR count). The summed E-state index contributed by atoms with van der Waals surface area (Å²) in [6.07, 6.45) is 5.42. The van der Waals surface area contributed by atoms with Crippen LogP contribution in [0.25, 0.3) is 0 Å². The molecule has 3 aliphatic rings. The van der Waals surface area contributed by atoms with Crippen molar-refractivity contribution >= 4 is 6.08 Å². The predicted octanol–water partition coefficient (Wildman–Crippen LogP) is 2.54. The first kappa shape index (κ1) is 8.96. The molecule has 2 heteroatoms. The van der Waals surface area contributed by atoms with E-state index in [4.69, 9.17) is 0 Å². The van der Waals surface area contributed by atoms with E-state index in [0.29, 0.717) is 5.92 Å². The Morgan fingerprint density at radius 1 is 1.38 bits per heavy atom. The van der Waals surface area contributed by atoms with Crippen molar-refractivity contribution in [2.24, 2.45) is 22.2 Å². The first-order valence-corrected chi connectivity index (χ1v) is 5.13. The quantitative estimate of drug-likeness (QED) is 0.449. The van der Waals surface area contributed by atoms with Gasteiger partial charge in [0.25, 0.3) is 0 Å². The molecule has 2 nitrogen and oxygen atoms in total. The van der Waals surface area contributed by atoms with Crippen molar-refractivity contribution in [2.75, 3.05) is 0 Å². The van der Waals surface area contributed by atoms with Gasteiger partial charge in [0.15, 0.2) is 0 Å². The summed E-state index contributed by atoms with van der Waals surface area (Å²) < 4.78 is 0. The van der Waals surface area contributed by atoms with Gasteiger partial charge in [-0.05, 0) is 36.5 Å². The molecule has 13 heavy (non-hydrogen) atoms. The summed E-state index contributed by atoms with van der Waals surface area (Å²) in [6, 6.07) is 0. The molecule has 0 amide bonds. The molecule has 3 fully saturated rings. The zero-order valence-corrected chi connectivity index (χ0v) is 8.63. The summed E-state index contributed by atoms with van der Waals surface area (Å²) in [5.74, 6) is 1.33. The van der Waals surface area contributed by atoms with Gasteiger partial charge in [-0.1, -0.05) is 20.8 Å². The van der Waals surface area contributed by atoms with E-state index in [0.717, 1.165) is 12.3 Å². The number of isocyanates is 1. The Morgan fingerprint density at radius 2 is 2.08 bits per heavy atom. The van der Waals surface area contributed by atoms with E-state index in [1.54, 1.807) is 6.08 Å². The van der Waals surface area contributed by atoms with Crippen LogP contribution in [0.3, 0.4) is 0 Å². The molecule has 0 saturated heterocycles. The van der Waals surface area contributed by atoms with Crippen LogP contribution in [0.1, 0.15) is 40.0 Å².